The summed E-state index contributed by atoms with van der Waals surface area (Å²) in [6.07, 6.45) is -16.7. The van der Waals surface area contributed by atoms with Crippen molar-refractivity contribution in [2.75, 3.05) is 0 Å². The van der Waals surface area contributed by atoms with Crippen LogP contribution in [0.25, 0.3) is 11.0 Å². The smallest absolute Gasteiger partial charge is 0.342 e. The zero-order valence-corrected chi connectivity index (χ0v) is 10.2. The van der Waals surface area contributed by atoms with Crippen LogP contribution < -0.4 is 0 Å². The molecule has 0 spiro atoms. The lowest BCUT2D eigenvalue weighted by Crippen LogP contribution is -2.12. The second-order valence-electron chi connectivity index (χ2n) is 4.39. The van der Waals surface area contributed by atoms with Crippen LogP contribution in [-0.2, 0) is 18.8 Å². The molecular weight excluding hydrogens is 331 g/mol. The molecule has 1 N–H and O–H groups in total. The summed E-state index contributed by atoms with van der Waals surface area (Å²) >= 11 is 0. The molecule has 2 aromatic rings. The van der Waals surface area contributed by atoms with Crippen molar-refractivity contribution >= 4 is 11.0 Å². The molecule has 2 rings (SSSR count). The number of rotatable bonds is 1. The van der Waals surface area contributed by atoms with Crippen LogP contribution in [0.15, 0.2) is 12.1 Å². The lowest BCUT2D eigenvalue weighted by Gasteiger charge is -2.11. The van der Waals surface area contributed by atoms with Crippen LogP contribution in [0.1, 0.15) is 17.0 Å². The van der Waals surface area contributed by atoms with Gasteiger partial charge < -0.3 is 4.98 Å². The van der Waals surface area contributed by atoms with Gasteiger partial charge in [0, 0.05) is 0 Å². The third-order valence-corrected chi connectivity index (χ3v) is 2.64. The van der Waals surface area contributed by atoms with E-state index >= 15 is 0 Å². The third kappa shape index (κ3) is 3.45. The van der Waals surface area contributed by atoms with E-state index in [-0.39, 0.29) is 12.1 Å². The molecule has 1 aromatic carbocycles. The molecule has 0 saturated carbocycles. The highest BCUT2D eigenvalue weighted by Gasteiger charge is 2.39. The van der Waals surface area contributed by atoms with Crippen LogP contribution in [0, 0.1) is 0 Å². The first-order chi connectivity index (χ1) is 9.77. The Morgan fingerprint density at radius 3 is 1.91 bits per heavy atom. The molecule has 0 fully saturated rings. The molecule has 0 bridgehead atoms. The number of H-pyrrole nitrogens is 1. The van der Waals surface area contributed by atoms with E-state index < -0.39 is 52.9 Å². The summed E-state index contributed by atoms with van der Waals surface area (Å²) < 4.78 is 113. The molecule has 2 nitrogen and oxygen atoms in total. The van der Waals surface area contributed by atoms with Gasteiger partial charge in [0.2, 0.25) is 0 Å². The zero-order chi connectivity index (χ0) is 16.9. The molecule has 0 saturated heterocycles. The highest BCUT2D eigenvalue weighted by Crippen LogP contribution is 2.39. The molecule has 11 heteroatoms. The van der Waals surface area contributed by atoms with E-state index in [1.54, 1.807) is 0 Å². The quantitative estimate of drug-likeness (QED) is 0.751. The topological polar surface area (TPSA) is 28.7 Å². The predicted octanol–water partition coefficient (Wildman–Crippen LogP) is 4.71. The van der Waals surface area contributed by atoms with Gasteiger partial charge in [0.05, 0.1) is 16.6 Å². The number of alkyl halides is 9. The maximum Gasteiger partial charge on any atom is 0.418 e. The van der Waals surface area contributed by atoms with Gasteiger partial charge in [-0.25, -0.2) is 4.98 Å². The Morgan fingerprint density at radius 1 is 0.864 bits per heavy atom. The average molecular weight is 336 g/mol. The second kappa shape index (κ2) is 4.78. The van der Waals surface area contributed by atoms with Gasteiger partial charge in [-0.3, -0.25) is 0 Å². The second-order valence-corrected chi connectivity index (χ2v) is 4.39. The number of imidazole rings is 1. The predicted molar refractivity (Wildman–Crippen MR) is 55.9 cm³/mol. The molecule has 0 unspecified atom stereocenters. The number of benzene rings is 1. The largest absolute Gasteiger partial charge is 0.418 e. The van der Waals surface area contributed by atoms with Gasteiger partial charge >= 0.3 is 18.5 Å². The monoisotopic (exact) mass is 336 g/mol. The number of hydrogen-bond acceptors (Lipinski definition) is 1. The SMILES string of the molecule is FC(F)(F)Cc1nc2c(C(F)(F)F)cc(C(F)(F)F)cc2[nH]1. The van der Waals surface area contributed by atoms with E-state index in [1.807, 2.05) is 4.98 Å². The van der Waals surface area contributed by atoms with Gasteiger partial charge in [-0.1, -0.05) is 0 Å². The summed E-state index contributed by atoms with van der Waals surface area (Å²) in [5, 5.41) is 0. The lowest BCUT2D eigenvalue weighted by molar-refractivity contribution is -0.142. The normalized spacial score (nSPS) is 13.9. The Kier molecular flexibility index (Phi) is 3.57. The first-order valence-corrected chi connectivity index (χ1v) is 5.51. The van der Waals surface area contributed by atoms with Crippen molar-refractivity contribution in [1.29, 1.82) is 0 Å². The van der Waals surface area contributed by atoms with Gasteiger partial charge in [0.15, 0.2) is 0 Å². The van der Waals surface area contributed by atoms with Crippen LogP contribution in [-0.4, -0.2) is 16.1 Å². The van der Waals surface area contributed by atoms with Crippen LogP contribution in [0.3, 0.4) is 0 Å². The number of halogens is 9. The summed E-state index contributed by atoms with van der Waals surface area (Å²) in [4.78, 5) is 4.97. The number of hydrogen-bond donors (Lipinski definition) is 1. The Morgan fingerprint density at radius 2 is 1.45 bits per heavy atom. The zero-order valence-electron chi connectivity index (χ0n) is 10.2. The lowest BCUT2D eigenvalue weighted by atomic mass is 10.1. The molecule has 0 radical (unpaired) electrons. The van der Waals surface area contributed by atoms with E-state index in [0.717, 1.165) is 0 Å². The summed E-state index contributed by atoms with van der Waals surface area (Å²) in [7, 11) is 0. The van der Waals surface area contributed by atoms with Crippen molar-refractivity contribution < 1.29 is 39.5 Å². The van der Waals surface area contributed by atoms with Crippen molar-refractivity contribution in [2.45, 2.75) is 24.9 Å². The Labute approximate surface area is 115 Å². The molecule has 0 aliphatic heterocycles. The highest BCUT2D eigenvalue weighted by atomic mass is 19.4. The summed E-state index contributed by atoms with van der Waals surface area (Å²) in [5.41, 5.74) is -5.13. The fourth-order valence-corrected chi connectivity index (χ4v) is 1.82. The van der Waals surface area contributed by atoms with Crippen molar-refractivity contribution in [2.24, 2.45) is 0 Å². The van der Waals surface area contributed by atoms with Crippen molar-refractivity contribution in [3.8, 4) is 0 Å². The molecule has 0 amide bonds. The Balaban J connectivity index is 2.68. The van der Waals surface area contributed by atoms with Crippen LogP contribution in [0.5, 0.6) is 0 Å². The summed E-state index contributed by atoms with van der Waals surface area (Å²) in [5.74, 6) is -0.896. The highest BCUT2D eigenvalue weighted by molar-refractivity contribution is 5.80. The molecule has 122 valence electrons. The molecule has 1 aromatic heterocycles. The van der Waals surface area contributed by atoms with E-state index in [9.17, 15) is 39.5 Å². The van der Waals surface area contributed by atoms with Crippen molar-refractivity contribution in [3.63, 3.8) is 0 Å². The molecule has 1 heterocycles. The molecule has 0 aliphatic rings. The average Bonchev–Trinajstić information content (AvgIpc) is 2.63. The van der Waals surface area contributed by atoms with Gasteiger partial charge in [-0.05, 0) is 12.1 Å². The van der Waals surface area contributed by atoms with Crippen LogP contribution in [0.4, 0.5) is 39.5 Å². The van der Waals surface area contributed by atoms with E-state index in [1.165, 1.54) is 0 Å². The van der Waals surface area contributed by atoms with Crippen LogP contribution >= 0.6 is 0 Å². The first-order valence-electron chi connectivity index (χ1n) is 5.51. The summed E-state index contributed by atoms with van der Waals surface area (Å²) in [6.45, 7) is 0. The Hall–Kier alpha value is -1.94. The van der Waals surface area contributed by atoms with Gasteiger partial charge in [0.25, 0.3) is 0 Å². The minimum absolute atomic E-state index is 0.180. The van der Waals surface area contributed by atoms with E-state index in [0.29, 0.717) is 0 Å². The molecular formula is C11H5F9N2. The number of nitrogens with one attached hydrogen (secondary N) is 1. The van der Waals surface area contributed by atoms with Crippen molar-refractivity contribution in [3.05, 3.63) is 29.1 Å². The third-order valence-electron chi connectivity index (χ3n) is 2.64. The van der Waals surface area contributed by atoms with Crippen molar-refractivity contribution in [1.82, 2.24) is 9.97 Å². The van der Waals surface area contributed by atoms with Gasteiger partial charge in [0.1, 0.15) is 17.8 Å². The number of nitrogens with zero attached hydrogens (tertiary/aromatic N) is 1. The maximum atomic E-state index is 12.8. The molecule has 0 atom stereocenters. The summed E-state index contributed by atoms with van der Waals surface area (Å²) in [6, 6.07) is 0.109. The number of aromatic nitrogens is 2. The standard InChI is InChI=1S/C11H5F9N2/c12-9(13,14)3-7-21-6-2-4(10(15,16)17)1-5(8(6)22-7)11(18,19)20/h1-2H,3H2,(H,21,22). The fourth-order valence-electron chi connectivity index (χ4n) is 1.82. The minimum Gasteiger partial charge on any atom is -0.342 e. The van der Waals surface area contributed by atoms with Crippen LogP contribution in [0.2, 0.25) is 0 Å². The van der Waals surface area contributed by atoms with E-state index in [2.05, 4.69) is 4.98 Å². The number of fused-ring (bicyclic) bond motifs is 1. The van der Waals surface area contributed by atoms with E-state index in [4.69, 9.17) is 0 Å². The minimum atomic E-state index is -5.19. The first kappa shape index (κ1) is 16.4. The molecule has 0 aliphatic carbocycles. The fraction of sp³-hybridized carbons (Fsp3) is 0.364. The molecule has 22 heavy (non-hydrogen) atoms. The Bertz CT molecular complexity index is 690. The van der Waals surface area contributed by atoms with Gasteiger partial charge in [-0.15, -0.1) is 0 Å². The number of aromatic amines is 1. The van der Waals surface area contributed by atoms with Gasteiger partial charge in [-0.2, -0.15) is 39.5 Å². The maximum absolute atomic E-state index is 12.8.